The normalized spacial score (nSPS) is 23.7. The van der Waals surface area contributed by atoms with Crippen molar-refractivity contribution in [3.8, 4) is 0 Å². The Labute approximate surface area is 66.1 Å². The summed E-state index contributed by atoms with van der Waals surface area (Å²) in [6.45, 7) is 2.55. The quantitative estimate of drug-likeness (QED) is 0.554. The van der Waals surface area contributed by atoms with Crippen LogP contribution in [0, 0.1) is 0 Å². The summed E-state index contributed by atoms with van der Waals surface area (Å²) in [5.74, 6) is 0.0744. The van der Waals surface area contributed by atoms with Crippen molar-refractivity contribution in [1.29, 1.82) is 0 Å². The van der Waals surface area contributed by atoms with Gasteiger partial charge < -0.3 is 15.5 Å². The van der Waals surface area contributed by atoms with E-state index in [-0.39, 0.29) is 12.1 Å². The van der Waals surface area contributed by atoms with E-state index in [0.29, 0.717) is 6.42 Å². The van der Waals surface area contributed by atoms with E-state index in [4.69, 9.17) is 5.53 Å². The van der Waals surface area contributed by atoms with Crippen molar-refractivity contribution in [3.63, 3.8) is 0 Å². The third kappa shape index (κ3) is 1.56. The minimum Gasteiger partial charge on any atom is -0.710 e. The van der Waals surface area contributed by atoms with Gasteiger partial charge in [-0.1, -0.05) is 6.92 Å². The summed E-state index contributed by atoms with van der Waals surface area (Å²) >= 11 is 0. The van der Waals surface area contributed by atoms with Gasteiger partial charge in [-0.05, 0) is 12.8 Å². The van der Waals surface area contributed by atoms with Crippen molar-refractivity contribution in [2.24, 2.45) is 5.11 Å². The van der Waals surface area contributed by atoms with Crippen LogP contribution in [0.5, 0.6) is 0 Å². The smallest absolute Gasteiger partial charge is 0.223 e. The number of likely N-dealkylation sites (tertiary alicyclic amines) is 1. The summed E-state index contributed by atoms with van der Waals surface area (Å²) in [7, 11) is 0. The van der Waals surface area contributed by atoms with Crippen LogP contribution in [-0.4, -0.2) is 23.5 Å². The fourth-order valence-electron chi connectivity index (χ4n) is 1.36. The lowest BCUT2D eigenvalue weighted by molar-refractivity contribution is -0.131. The maximum atomic E-state index is 11.1. The molecule has 0 saturated carbocycles. The van der Waals surface area contributed by atoms with Gasteiger partial charge in [-0.3, -0.25) is 4.79 Å². The molecule has 1 aliphatic rings. The van der Waals surface area contributed by atoms with Gasteiger partial charge in [-0.15, -0.1) is 0 Å². The molecule has 0 aliphatic carbocycles. The Morgan fingerprint density at radius 1 is 1.82 bits per heavy atom. The van der Waals surface area contributed by atoms with Crippen LogP contribution in [0.3, 0.4) is 0 Å². The van der Waals surface area contributed by atoms with E-state index >= 15 is 0 Å². The van der Waals surface area contributed by atoms with E-state index in [0.717, 1.165) is 19.4 Å². The fraction of sp³-hybridized carbons (Fsp3) is 0.857. The predicted octanol–water partition coefficient (Wildman–Crippen LogP) is 1.37. The largest absolute Gasteiger partial charge is 0.710 e. The first kappa shape index (κ1) is 8.17. The molecule has 0 aromatic heterocycles. The van der Waals surface area contributed by atoms with Crippen LogP contribution in [0.25, 0.3) is 5.53 Å². The number of rotatable bonds is 2. The average Bonchev–Trinajstić information content (AvgIpc) is 2.50. The van der Waals surface area contributed by atoms with Crippen molar-refractivity contribution in [2.45, 2.75) is 32.4 Å². The average molecular weight is 154 g/mol. The van der Waals surface area contributed by atoms with Gasteiger partial charge in [-0.2, -0.15) is 0 Å². The monoisotopic (exact) mass is 154 g/mol. The van der Waals surface area contributed by atoms with Gasteiger partial charge in [0.1, 0.15) is 6.17 Å². The first-order valence-electron chi connectivity index (χ1n) is 3.93. The van der Waals surface area contributed by atoms with Crippen LogP contribution < -0.4 is 0 Å². The highest BCUT2D eigenvalue weighted by Crippen LogP contribution is 2.18. The SMILES string of the molecule is CCC(=O)N1CCCC1N=[N-]. The maximum absolute atomic E-state index is 11.1. The highest BCUT2D eigenvalue weighted by Gasteiger charge is 2.24. The molecule has 0 radical (unpaired) electrons. The molecular formula is C7H12N3O-. The summed E-state index contributed by atoms with van der Waals surface area (Å²) in [6.07, 6.45) is 1.96. The third-order valence-electron chi connectivity index (χ3n) is 1.98. The Balaban J connectivity index is 2.56. The zero-order valence-corrected chi connectivity index (χ0v) is 6.66. The van der Waals surface area contributed by atoms with Gasteiger partial charge in [0.15, 0.2) is 0 Å². The van der Waals surface area contributed by atoms with Crippen LogP contribution in [0.2, 0.25) is 0 Å². The number of hydrogen-bond acceptors (Lipinski definition) is 2. The van der Waals surface area contributed by atoms with E-state index < -0.39 is 0 Å². The zero-order chi connectivity index (χ0) is 8.27. The Hall–Kier alpha value is -0.930. The van der Waals surface area contributed by atoms with Crippen molar-refractivity contribution < 1.29 is 4.79 Å². The first-order valence-corrected chi connectivity index (χ1v) is 3.93. The van der Waals surface area contributed by atoms with Crippen molar-refractivity contribution in [3.05, 3.63) is 5.53 Å². The molecule has 0 N–H and O–H groups in total. The van der Waals surface area contributed by atoms with Gasteiger partial charge in [-0.25, -0.2) is 0 Å². The number of amides is 1. The molecule has 0 bridgehead atoms. The summed E-state index contributed by atoms with van der Waals surface area (Å²) in [5, 5.41) is 3.14. The topological polar surface area (TPSA) is 55.0 Å². The molecule has 1 rings (SSSR count). The van der Waals surface area contributed by atoms with Gasteiger partial charge in [0.05, 0.1) is 0 Å². The molecule has 1 fully saturated rings. The highest BCUT2D eigenvalue weighted by molar-refractivity contribution is 5.76. The van der Waals surface area contributed by atoms with Gasteiger partial charge in [0.2, 0.25) is 5.91 Å². The van der Waals surface area contributed by atoms with Crippen molar-refractivity contribution in [1.82, 2.24) is 4.90 Å². The van der Waals surface area contributed by atoms with Crippen molar-refractivity contribution >= 4 is 5.91 Å². The second-order valence-corrected chi connectivity index (χ2v) is 2.68. The lowest BCUT2D eigenvalue weighted by atomic mass is 10.3. The van der Waals surface area contributed by atoms with E-state index in [1.807, 2.05) is 6.92 Å². The fourth-order valence-corrected chi connectivity index (χ4v) is 1.36. The number of carbonyl (C=O) groups excluding carboxylic acids is 1. The Morgan fingerprint density at radius 2 is 2.55 bits per heavy atom. The van der Waals surface area contributed by atoms with Crippen LogP contribution in [0.1, 0.15) is 26.2 Å². The molecule has 0 aromatic carbocycles. The Bertz CT molecular complexity index is 169. The first-order chi connectivity index (χ1) is 5.29. The van der Waals surface area contributed by atoms with Crippen LogP contribution in [0.4, 0.5) is 0 Å². The lowest BCUT2D eigenvalue weighted by Gasteiger charge is -2.22. The molecule has 62 valence electrons. The molecule has 1 atom stereocenters. The third-order valence-corrected chi connectivity index (χ3v) is 1.98. The minimum absolute atomic E-state index is 0.0744. The molecule has 11 heavy (non-hydrogen) atoms. The van der Waals surface area contributed by atoms with Gasteiger partial charge in [0, 0.05) is 13.0 Å². The molecule has 4 heteroatoms. The number of nitrogens with zero attached hydrogens (tertiary/aromatic N) is 3. The molecular weight excluding hydrogens is 142 g/mol. The number of hydrogen-bond donors (Lipinski definition) is 0. The zero-order valence-electron chi connectivity index (χ0n) is 6.66. The summed E-state index contributed by atoms with van der Waals surface area (Å²) < 4.78 is 0. The van der Waals surface area contributed by atoms with Crippen LogP contribution in [-0.2, 0) is 4.79 Å². The predicted molar refractivity (Wildman–Crippen MR) is 40.8 cm³/mol. The molecule has 1 heterocycles. The number of carbonyl (C=O) groups is 1. The molecule has 1 saturated heterocycles. The van der Waals surface area contributed by atoms with E-state index in [1.54, 1.807) is 4.90 Å². The van der Waals surface area contributed by atoms with Crippen LogP contribution in [0.15, 0.2) is 5.11 Å². The second kappa shape index (κ2) is 3.46. The van der Waals surface area contributed by atoms with Crippen LogP contribution >= 0.6 is 0 Å². The second-order valence-electron chi connectivity index (χ2n) is 2.68. The van der Waals surface area contributed by atoms with E-state index in [2.05, 4.69) is 5.11 Å². The Kier molecular flexibility index (Phi) is 2.57. The highest BCUT2D eigenvalue weighted by atomic mass is 16.2. The maximum Gasteiger partial charge on any atom is 0.223 e. The summed E-state index contributed by atoms with van der Waals surface area (Å²) in [5.41, 5.74) is 8.51. The minimum atomic E-state index is -0.276. The molecule has 0 spiro atoms. The van der Waals surface area contributed by atoms with Gasteiger partial charge >= 0.3 is 0 Å². The summed E-state index contributed by atoms with van der Waals surface area (Å²) in [4.78, 5) is 12.8. The van der Waals surface area contributed by atoms with Gasteiger partial charge in [0.25, 0.3) is 0 Å². The van der Waals surface area contributed by atoms with E-state index in [1.165, 1.54) is 0 Å². The molecule has 0 aromatic rings. The lowest BCUT2D eigenvalue weighted by Crippen LogP contribution is -2.33. The van der Waals surface area contributed by atoms with Crippen molar-refractivity contribution in [2.75, 3.05) is 6.54 Å². The standard InChI is InChI=1S/C7H12N3O/c1-2-7(11)10-5-3-4-6(10)9-8/h6H,2-5H2,1H3/q-1. The summed E-state index contributed by atoms with van der Waals surface area (Å²) in [6, 6.07) is 0. The molecule has 4 nitrogen and oxygen atoms in total. The van der Waals surface area contributed by atoms with E-state index in [9.17, 15) is 4.79 Å². The Morgan fingerprint density at radius 3 is 3.09 bits per heavy atom. The molecule has 1 unspecified atom stereocenters. The molecule has 1 aliphatic heterocycles. The molecule has 1 amide bonds.